The third-order valence-electron chi connectivity index (χ3n) is 2.79. The quantitative estimate of drug-likeness (QED) is 0.848. The van der Waals surface area contributed by atoms with E-state index in [1.807, 2.05) is 13.0 Å². The maximum Gasteiger partial charge on any atom is 0.217 e. The van der Waals surface area contributed by atoms with E-state index >= 15 is 0 Å². The molecule has 1 unspecified atom stereocenters. The zero-order valence-corrected chi connectivity index (χ0v) is 11.4. The fourth-order valence-corrected chi connectivity index (χ4v) is 1.81. The Morgan fingerprint density at radius 2 is 2.17 bits per heavy atom. The van der Waals surface area contributed by atoms with Gasteiger partial charge in [0.1, 0.15) is 0 Å². The monoisotopic (exact) mass is 249 g/mol. The Morgan fingerprint density at radius 3 is 2.72 bits per heavy atom. The lowest BCUT2D eigenvalue weighted by atomic mass is 9.93. The van der Waals surface area contributed by atoms with Crippen molar-refractivity contribution in [2.75, 3.05) is 0 Å². The Labute approximate surface area is 106 Å². The molecule has 0 spiro atoms. The summed E-state index contributed by atoms with van der Waals surface area (Å²) in [4.78, 5) is 11.1. The van der Waals surface area contributed by atoms with Crippen molar-refractivity contribution in [2.24, 2.45) is 0 Å². The van der Waals surface area contributed by atoms with Crippen molar-refractivity contribution in [3.8, 4) is 0 Å². The van der Waals surface area contributed by atoms with Crippen LogP contribution < -0.4 is 5.32 Å². The SMILES string of the molecule is CC(=O)NC(C)c1n[nH]c2cc(C(C)(C)C)nn12. The number of hydrogen-bond acceptors (Lipinski definition) is 3. The van der Waals surface area contributed by atoms with E-state index in [1.54, 1.807) is 4.52 Å². The third-order valence-corrected chi connectivity index (χ3v) is 2.79. The van der Waals surface area contributed by atoms with E-state index < -0.39 is 0 Å². The van der Waals surface area contributed by atoms with Gasteiger partial charge in [0.25, 0.3) is 0 Å². The Hall–Kier alpha value is -1.85. The van der Waals surface area contributed by atoms with Crippen molar-refractivity contribution in [1.29, 1.82) is 0 Å². The predicted molar refractivity (Wildman–Crippen MR) is 68.3 cm³/mol. The van der Waals surface area contributed by atoms with Gasteiger partial charge in [-0.2, -0.15) is 14.7 Å². The van der Waals surface area contributed by atoms with Gasteiger partial charge in [-0.1, -0.05) is 20.8 Å². The molecule has 18 heavy (non-hydrogen) atoms. The molecule has 0 aliphatic rings. The molecule has 0 saturated carbocycles. The van der Waals surface area contributed by atoms with Crippen LogP contribution in [0.3, 0.4) is 0 Å². The second-order valence-corrected chi connectivity index (χ2v) is 5.58. The minimum absolute atomic E-state index is 0.0125. The van der Waals surface area contributed by atoms with E-state index in [-0.39, 0.29) is 17.4 Å². The maximum atomic E-state index is 11.1. The molecule has 6 heteroatoms. The highest BCUT2D eigenvalue weighted by molar-refractivity contribution is 5.73. The summed E-state index contributed by atoms with van der Waals surface area (Å²) in [6.07, 6.45) is 0. The van der Waals surface area contributed by atoms with Crippen LogP contribution in [0.4, 0.5) is 0 Å². The van der Waals surface area contributed by atoms with E-state index in [0.717, 1.165) is 11.3 Å². The molecule has 2 N–H and O–H groups in total. The summed E-state index contributed by atoms with van der Waals surface area (Å²) in [5.41, 5.74) is 1.82. The van der Waals surface area contributed by atoms with Crippen LogP contribution in [0.5, 0.6) is 0 Å². The van der Waals surface area contributed by atoms with Gasteiger partial charge < -0.3 is 5.32 Å². The molecule has 6 nitrogen and oxygen atoms in total. The number of rotatable bonds is 2. The Morgan fingerprint density at radius 1 is 1.50 bits per heavy atom. The van der Waals surface area contributed by atoms with Crippen molar-refractivity contribution in [2.45, 2.75) is 46.1 Å². The molecule has 0 aromatic carbocycles. The lowest BCUT2D eigenvalue weighted by molar-refractivity contribution is -0.119. The second kappa shape index (κ2) is 4.12. The van der Waals surface area contributed by atoms with Gasteiger partial charge in [-0.25, -0.2) is 0 Å². The highest BCUT2D eigenvalue weighted by Gasteiger charge is 2.21. The van der Waals surface area contributed by atoms with E-state index in [2.05, 4.69) is 41.4 Å². The van der Waals surface area contributed by atoms with Crippen molar-refractivity contribution in [3.05, 3.63) is 17.6 Å². The molecule has 0 radical (unpaired) electrons. The van der Waals surface area contributed by atoms with E-state index in [9.17, 15) is 4.79 Å². The van der Waals surface area contributed by atoms with Gasteiger partial charge in [-0.05, 0) is 6.92 Å². The van der Waals surface area contributed by atoms with Crippen LogP contribution in [0.1, 0.15) is 52.2 Å². The molecular formula is C12H19N5O. The van der Waals surface area contributed by atoms with E-state index in [4.69, 9.17) is 0 Å². The van der Waals surface area contributed by atoms with Gasteiger partial charge in [0.15, 0.2) is 11.5 Å². The number of fused-ring (bicyclic) bond motifs is 1. The van der Waals surface area contributed by atoms with Gasteiger partial charge >= 0.3 is 0 Å². The van der Waals surface area contributed by atoms with Gasteiger partial charge in [0, 0.05) is 18.4 Å². The molecule has 0 fully saturated rings. The summed E-state index contributed by atoms with van der Waals surface area (Å²) in [7, 11) is 0. The largest absolute Gasteiger partial charge is 0.347 e. The van der Waals surface area contributed by atoms with Crippen LogP contribution in [0, 0.1) is 0 Å². The van der Waals surface area contributed by atoms with Crippen LogP contribution in [-0.4, -0.2) is 25.7 Å². The number of nitrogens with zero attached hydrogens (tertiary/aromatic N) is 3. The summed E-state index contributed by atoms with van der Waals surface area (Å²) in [5.74, 6) is 0.623. The molecule has 2 aromatic rings. The summed E-state index contributed by atoms with van der Waals surface area (Å²) in [5, 5.41) is 14.5. The Kier molecular flexibility index (Phi) is 2.88. The average molecular weight is 249 g/mol. The zero-order valence-electron chi connectivity index (χ0n) is 11.4. The molecule has 98 valence electrons. The highest BCUT2D eigenvalue weighted by atomic mass is 16.1. The summed E-state index contributed by atoms with van der Waals surface area (Å²) >= 11 is 0. The molecular weight excluding hydrogens is 230 g/mol. The van der Waals surface area contributed by atoms with E-state index in [1.165, 1.54) is 6.92 Å². The van der Waals surface area contributed by atoms with Crippen molar-refractivity contribution >= 4 is 11.6 Å². The van der Waals surface area contributed by atoms with Crippen LogP contribution in [-0.2, 0) is 10.2 Å². The lowest BCUT2D eigenvalue weighted by Gasteiger charge is -2.14. The van der Waals surface area contributed by atoms with Crippen LogP contribution in [0.15, 0.2) is 6.07 Å². The van der Waals surface area contributed by atoms with Gasteiger partial charge in [-0.15, -0.1) is 0 Å². The molecule has 1 atom stereocenters. The number of nitrogens with one attached hydrogen (secondary N) is 2. The summed E-state index contributed by atoms with van der Waals surface area (Å²) < 4.78 is 1.75. The molecule has 2 heterocycles. The molecule has 1 amide bonds. The number of H-pyrrole nitrogens is 1. The minimum atomic E-state index is -0.177. The topological polar surface area (TPSA) is 75.1 Å². The fraction of sp³-hybridized carbons (Fsp3) is 0.583. The molecule has 0 aliphatic carbocycles. The number of carbonyl (C=O) groups excluding carboxylic acids is 1. The number of aromatic nitrogens is 4. The number of carbonyl (C=O) groups is 1. The first-order valence-electron chi connectivity index (χ1n) is 6.00. The Bertz CT molecular complexity index is 575. The summed E-state index contributed by atoms with van der Waals surface area (Å²) in [6, 6.07) is 1.81. The standard InChI is InChI=1S/C12H19N5O/c1-7(13-8(2)18)11-15-14-10-6-9(12(3,4)5)16-17(10)11/h6-7,14H,1-5H3,(H,13,18). The van der Waals surface area contributed by atoms with Gasteiger partial charge in [0.2, 0.25) is 5.91 Å². The third kappa shape index (κ3) is 2.23. The molecule has 2 aromatic heterocycles. The molecule has 2 rings (SSSR count). The predicted octanol–water partition coefficient (Wildman–Crippen LogP) is 1.55. The van der Waals surface area contributed by atoms with Crippen LogP contribution >= 0.6 is 0 Å². The van der Waals surface area contributed by atoms with Crippen molar-refractivity contribution in [1.82, 2.24) is 25.1 Å². The minimum Gasteiger partial charge on any atom is -0.347 e. The van der Waals surface area contributed by atoms with E-state index in [0.29, 0.717) is 5.82 Å². The van der Waals surface area contributed by atoms with Crippen LogP contribution in [0.2, 0.25) is 0 Å². The van der Waals surface area contributed by atoms with Gasteiger partial charge in [-0.3, -0.25) is 9.89 Å². The first-order valence-corrected chi connectivity index (χ1v) is 6.00. The zero-order chi connectivity index (χ0) is 13.5. The smallest absolute Gasteiger partial charge is 0.217 e. The normalized spacial score (nSPS) is 13.8. The second-order valence-electron chi connectivity index (χ2n) is 5.58. The number of hydrogen-bond donors (Lipinski definition) is 2. The molecule has 0 saturated heterocycles. The first kappa shape index (κ1) is 12.6. The van der Waals surface area contributed by atoms with Crippen molar-refractivity contribution < 1.29 is 4.79 Å². The number of amides is 1. The maximum absolute atomic E-state index is 11.1. The van der Waals surface area contributed by atoms with Gasteiger partial charge in [0.05, 0.1) is 11.7 Å². The van der Waals surface area contributed by atoms with Crippen LogP contribution in [0.25, 0.3) is 5.65 Å². The average Bonchev–Trinajstić information content (AvgIpc) is 2.71. The Balaban J connectivity index is 2.41. The first-order chi connectivity index (χ1) is 8.29. The lowest BCUT2D eigenvalue weighted by Crippen LogP contribution is -2.25. The molecule has 0 bridgehead atoms. The molecule has 0 aliphatic heterocycles. The fourth-order valence-electron chi connectivity index (χ4n) is 1.81. The van der Waals surface area contributed by atoms with Crippen molar-refractivity contribution in [3.63, 3.8) is 0 Å². The highest BCUT2D eigenvalue weighted by Crippen LogP contribution is 2.22. The summed E-state index contributed by atoms with van der Waals surface area (Å²) in [6.45, 7) is 9.71. The number of aromatic amines is 1.